The number of hydrogen-bond acceptors (Lipinski definition) is 5. The molecule has 0 saturated heterocycles. The highest BCUT2D eigenvalue weighted by atomic mass is 32.2. The molecule has 140 valence electrons. The maximum atomic E-state index is 12.3. The first kappa shape index (κ1) is 20.1. The summed E-state index contributed by atoms with van der Waals surface area (Å²) in [5, 5.41) is 6.76. The zero-order chi connectivity index (χ0) is 19.4. The van der Waals surface area contributed by atoms with Crippen LogP contribution in [0.25, 0.3) is 0 Å². The molecule has 0 fully saturated rings. The summed E-state index contributed by atoms with van der Waals surface area (Å²) in [6.07, 6.45) is 2.93. The van der Waals surface area contributed by atoms with Crippen LogP contribution in [0.3, 0.4) is 0 Å². The molecule has 2 aromatic rings. The topological polar surface area (TPSA) is 96.0 Å². The number of nitrogens with one attached hydrogen (secondary N) is 3. The van der Waals surface area contributed by atoms with Gasteiger partial charge < -0.3 is 10.6 Å². The van der Waals surface area contributed by atoms with E-state index in [0.717, 1.165) is 0 Å². The van der Waals surface area contributed by atoms with E-state index in [0.29, 0.717) is 10.8 Å². The number of benzene rings is 1. The molecule has 3 N–H and O–H groups in total. The van der Waals surface area contributed by atoms with Crippen LogP contribution in [0.5, 0.6) is 0 Å². The van der Waals surface area contributed by atoms with Gasteiger partial charge in [0.1, 0.15) is 0 Å². The first-order chi connectivity index (χ1) is 12.1. The largest absolute Gasteiger partial charge is 0.359 e. The van der Waals surface area contributed by atoms with Crippen LogP contribution in [0.4, 0.5) is 11.6 Å². The summed E-state index contributed by atoms with van der Waals surface area (Å²) in [7, 11) is -3.75. The molecule has 1 atom stereocenters. The normalized spacial score (nSPS) is 12.9. The van der Waals surface area contributed by atoms with Crippen LogP contribution in [0.15, 0.2) is 47.6 Å². The Morgan fingerprint density at radius 2 is 1.69 bits per heavy atom. The van der Waals surface area contributed by atoms with E-state index in [1.807, 2.05) is 0 Å². The number of hydrogen-bond donors (Lipinski definition) is 3. The second-order valence-corrected chi connectivity index (χ2v) is 8.98. The highest BCUT2D eigenvalue weighted by Gasteiger charge is 2.20. The van der Waals surface area contributed by atoms with Gasteiger partial charge in [0.2, 0.25) is 5.95 Å². The summed E-state index contributed by atoms with van der Waals surface area (Å²) in [6.45, 7) is 8.42. The first-order valence-electron chi connectivity index (χ1n) is 8.05. The average Bonchev–Trinajstić information content (AvgIpc) is 2.55. The molecule has 2 rings (SSSR count). The monoisotopic (exact) mass is 393 g/mol. The Balaban J connectivity index is 2.02. The van der Waals surface area contributed by atoms with Gasteiger partial charge in [-0.2, -0.15) is 0 Å². The van der Waals surface area contributed by atoms with Crippen molar-refractivity contribution in [1.82, 2.24) is 15.3 Å². The standard InChI is InChI=1S/C17H23N5O2S2/c1-12(17(2,3)4)20-16(25)21-13-6-8-14(9-7-13)26(23,24)22-15-18-10-5-11-19-15/h5-12H,1-4H3,(H,18,19,22)(H2,20,21,25). The molecule has 1 aromatic carbocycles. The molecule has 0 amide bonds. The van der Waals surface area contributed by atoms with E-state index in [1.54, 1.807) is 18.2 Å². The molecule has 0 spiro atoms. The Hall–Kier alpha value is -2.26. The summed E-state index contributed by atoms with van der Waals surface area (Å²) < 4.78 is 27.0. The molecule has 0 saturated carbocycles. The van der Waals surface area contributed by atoms with Gasteiger partial charge in [0, 0.05) is 24.1 Å². The predicted octanol–water partition coefficient (Wildman–Crippen LogP) is 3.00. The van der Waals surface area contributed by atoms with Crippen molar-refractivity contribution in [3.63, 3.8) is 0 Å². The van der Waals surface area contributed by atoms with Crippen LogP contribution in [-0.4, -0.2) is 29.5 Å². The van der Waals surface area contributed by atoms with E-state index in [-0.39, 0.29) is 22.3 Å². The average molecular weight is 394 g/mol. The van der Waals surface area contributed by atoms with Crippen molar-refractivity contribution in [3.05, 3.63) is 42.7 Å². The molecular weight excluding hydrogens is 370 g/mol. The third kappa shape index (κ3) is 5.63. The number of thiocarbonyl (C=S) groups is 1. The van der Waals surface area contributed by atoms with E-state index in [1.165, 1.54) is 24.5 Å². The lowest BCUT2D eigenvalue weighted by molar-refractivity contribution is 0.317. The van der Waals surface area contributed by atoms with E-state index in [9.17, 15) is 8.42 Å². The zero-order valence-corrected chi connectivity index (χ0v) is 16.8. The van der Waals surface area contributed by atoms with Gasteiger partial charge in [-0.15, -0.1) is 0 Å². The maximum absolute atomic E-state index is 12.3. The number of rotatable bonds is 5. The van der Waals surface area contributed by atoms with Gasteiger partial charge in [0.05, 0.1) is 4.90 Å². The third-order valence-electron chi connectivity index (χ3n) is 3.86. The fourth-order valence-corrected chi connectivity index (χ4v) is 3.08. The Labute approximate surface area is 159 Å². The fraction of sp³-hybridized carbons (Fsp3) is 0.353. The molecule has 0 radical (unpaired) electrons. The molecule has 1 heterocycles. The number of nitrogens with zero attached hydrogens (tertiary/aromatic N) is 2. The molecule has 9 heteroatoms. The van der Waals surface area contributed by atoms with Gasteiger partial charge in [-0.3, -0.25) is 0 Å². The number of sulfonamides is 1. The van der Waals surface area contributed by atoms with Gasteiger partial charge in [-0.1, -0.05) is 20.8 Å². The Morgan fingerprint density at radius 3 is 2.23 bits per heavy atom. The van der Waals surface area contributed by atoms with E-state index < -0.39 is 10.0 Å². The molecule has 0 aliphatic carbocycles. The van der Waals surface area contributed by atoms with Crippen LogP contribution in [0.1, 0.15) is 27.7 Å². The lowest BCUT2D eigenvalue weighted by Gasteiger charge is -2.29. The maximum Gasteiger partial charge on any atom is 0.264 e. The van der Waals surface area contributed by atoms with Crippen molar-refractivity contribution in [2.24, 2.45) is 5.41 Å². The van der Waals surface area contributed by atoms with E-state index >= 15 is 0 Å². The summed E-state index contributed by atoms with van der Waals surface area (Å²) in [6, 6.07) is 8.06. The van der Waals surface area contributed by atoms with E-state index in [2.05, 4.69) is 53.0 Å². The Kier molecular flexibility index (Phi) is 6.14. The zero-order valence-electron chi connectivity index (χ0n) is 15.1. The first-order valence-corrected chi connectivity index (χ1v) is 9.94. The third-order valence-corrected chi connectivity index (χ3v) is 5.42. The van der Waals surface area contributed by atoms with Gasteiger partial charge in [-0.25, -0.2) is 23.1 Å². The summed E-state index contributed by atoms with van der Waals surface area (Å²) in [4.78, 5) is 7.82. The molecule has 0 aliphatic heterocycles. The van der Waals surface area contributed by atoms with Crippen LogP contribution < -0.4 is 15.4 Å². The van der Waals surface area contributed by atoms with Crippen LogP contribution >= 0.6 is 12.2 Å². The van der Waals surface area contributed by atoms with Crippen molar-refractivity contribution in [3.8, 4) is 0 Å². The van der Waals surface area contributed by atoms with Gasteiger partial charge in [-0.05, 0) is 54.9 Å². The minimum absolute atomic E-state index is 0.0243. The van der Waals surface area contributed by atoms with Crippen molar-refractivity contribution >= 4 is 39.0 Å². The molecule has 26 heavy (non-hydrogen) atoms. The SMILES string of the molecule is CC(NC(=S)Nc1ccc(S(=O)(=O)Nc2ncccn2)cc1)C(C)(C)C. The lowest BCUT2D eigenvalue weighted by atomic mass is 9.88. The van der Waals surface area contributed by atoms with Crippen LogP contribution in [-0.2, 0) is 10.0 Å². The summed E-state index contributed by atoms with van der Waals surface area (Å²) in [5.74, 6) is 0.0243. The van der Waals surface area contributed by atoms with Crippen molar-refractivity contribution in [2.45, 2.75) is 38.6 Å². The second-order valence-electron chi connectivity index (χ2n) is 6.89. The molecule has 0 aliphatic rings. The Morgan fingerprint density at radius 1 is 1.12 bits per heavy atom. The van der Waals surface area contributed by atoms with Crippen molar-refractivity contribution < 1.29 is 8.42 Å². The van der Waals surface area contributed by atoms with Crippen molar-refractivity contribution in [2.75, 3.05) is 10.0 Å². The predicted molar refractivity (Wildman–Crippen MR) is 108 cm³/mol. The Bertz CT molecular complexity index is 847. The molecular formula is C17H23N5O2S2. The van der Waals surface area contributed by atoms with Crippen molar-refractivity contribution in [1.29, 1.82) is 0 Å². The smallest absolute Gasteiger partial charge is 0.264 e. The fourth-order valence-electron chi connectivity index (χ4n) is 1.83. The van der Waals surface area contributed by atoms with Gasteiger partial charge in [0.15, 0.2) is 5.11 Å². The quantitative estimate of drug-likeness (QED) is 0.672. The number of anilines is 2. The van der Waals surface area contributed by atoms with E-state index in [4.69, 9.17) is 12.2 Å². The number of aromatic nitrogens is 2. The summed E-state index contributed by atoms with van der Waals surface area (Å²) >= 11 is 5.30. The summed E-state index contributed by atoms with van der Waals surface area (Å²) in [5.41, 5.74) is 0.757. The minimum atomic E-state index is -3.75. The molecule has 1 unspecified atom stereocenters. The molecule has 1 aromatic heterocycles. The van der Waals surface area contributed by atoms with Crippen LogP contribution in [0.2, 0.25) is 0 Å². The minimum Gasteiger partial charge on any atom is -0.359 e. The van der Waals surface area contributed by atoms with Gasteiger partial charge >= 0.3 is 0 Å². The molecule has 7 nitrogen and oxygen atoms in total. The van der Waals surface area contributed by atoms with Gasteiger partial charge in [0.25, 0.3) is 10.0 Å². The molecule has 0 bridgehead atoms. The second kappa shape index (κ2) is 7.96. The highest BCUT2D eigenvalue weighted by Crippen LogP contribution is 2.19. The lowest BCUT2D eigenvalue weighted by Crippen LogP contribution is -2.43. The highest BCUT2D eigenvalue weighted by molar-refractivity contribution is 7.92. The van der Waals surface area contributed by atoms with Crippen LogP contribution in [0, 0.1) is 5.41 Å².